The maximum absolute atomic E-state index is 12.4. The standard InChI is InChI=1S/C21H21N3O7/c1-2-30-18-9-4-3-8-17(18)23-12-14(10-20(23)26)21(27)31-13-19(25)22-15-6-5-7-16(11-15)24(28)29/h3-9,11,14H,2,10,12-13H2,1H3,(H,22,25)/t14-/m1/s1. The number of nitro benzene ring substituents is 1. The Balaban J connectivity index is 1.56. The Morgan fingerprint density at radius 1 is 1.23 bits per heavy atom. The Hall–Kier alpha value is -3.95. The van der Waals surface area contributed by atoms with Crippen LogP contribution in [0.15, 0.2) is 48.5 Å². The van der Waals surface area contributed by atoms with Crippen molar-refractivity contribution >= 4 is 34.8 Å². The Kier molecular flexibility index (Phi) is 6.81. The highest BCUT2D eigenvalue weighted by molar-refractivity contribution is 6.01. The van der Waals surface area contributed by atoms with Crippen LogP contribution in [0.5, 0.6) is 5.75 Å². The second-order valence-corrected chi connectivity index (χ2v) is 6.77. The lowest BCUT2D eigenvalue weighted by Gasteiger charge is -2.19. The van der Waals surface area contributed by atoms with E-state index in [-0.39, 0.29) is 30.2 Å². The molecule has 0 unspecified atom stereocenters. The molecule has 2 aromatic rings. The van der Waals surface area contributed by atoms with Gasteiger partial charge in [0.05, 0.1) is 23.1 Å². The van der Waals surface area contributed by atoms with Gasteiger partial charge in [0.1, 0.15) is 5.75 Å². The lowest BCUT2D eigenvalue weighted by atomic mass is 10.1. The summed E-state index contributed by atoms with van der Waals surface area (Å²) in [5.74, 6) is -1.72. The van der Waals surface area contributed by atoms with E-state index in [9.17, 15) is 24.5 Å². The Morgan fingerprint density at radius 3 is 2.74 bits per heavy atom. The van der Waals surface area contributed by atoms with Gasteiger partial charge in [-0.2, -0.15) is 0 Å². The van der Waals surface area contributed by atoms with Gasteiger partial charge >= 0.3 is 5.97 Å². The number of benzene rings is 2. The molecule has 10 heteroatoms. The number of amides is 2. The lowest BCUT2D eigenvalue weighted by Crippen LogP contribution is -2.28. The number of non-ortho nitro benzene ring substituents is 1. The van der Waals surface area contributed by atoms with Crippen molar-refractivity contribution in [2.24, 2.45) is 5.92 Å². The summed E-state index contributed by atoms with van der Waals surface area (Å²) in [6.45, 7) is 1.82. The molecule has 1 aliphatic heterocycles. The fraction of sp³-hybridized carbons (Fsp3) is 0.286. The number of rotatable bonds is 8. The molecule has 0 spiro atoms. The number of carbonyl (C=O) groups excluding carboxylic acids is 3. The van der Waals surface area contributed by atoms with E-state index in [2.05, 4.69) is 5.32 Å². The number of anilines is 2. The third-order valence-corrected chi connectivity index (χ3v) is 4.60. The van der Waals surface area contributed by atoms with Crippen LogP contribution in [0.25, 0.3) is 0 Å². The van der Waals surface area contributed by atoms with E-state index in [1.54, 1.807) is 24.3 Å². The highest BCUT2D eigenvalue weighted by atomic mass is 16.6. The van der Waals surface area contributed by atoms with Gasteiger partial charge in [0.2, 0.25) is 5.91 Å². The van der Waals surface area contributed by atoms with Gasteiger partial charge in [-0.3, -0.25) is 24.5 Å². The molecule has 1 N–H and O–H groups in total. The molecule has 1 aliphatic rings. The number of nitrogens with zero attached hydrogens (tertiary/aromatic N) is 2. The minimum Gasteiger partial charge on any atom is -0.492 e. The Morgan fingerprint density at radius 2 is 2.00 bits per heavy atom. The van der Waals surface area contributed by atoms with Crippen LogP contribution in [0.3, 0.4) is 0 Å². The van der Waals surface area contributed by atoms with Crippen molar-refractivity contribution in [2.75, 3.05) is 30.0 Å². The third-order valence-electron chi connectivity index (χ3n) is 4.60. The van der Waals surface area contributed by atoms with Crippen molar-refractivity contribution in [3.05, 3.63) is 58.6 Å². The number of hydrogen-bond donors (Lipinski definition) is 1. The third kappa shape index (κ3) is 5.35. The molecule has 31 heavy (non-hydrogen) atoms. The number of hydrogen-bond acceptors (Lipinski definition) is 7. The maximum Gasteiger partial charge on any atom is 0.311 e. The zero-order valence-corrected chi connectivity index (χ0v) is 16.8. The van der Waals surface area contributed by atoms with Crippen LogP contribution < -0.4 is 15.0 Å². The molecule has 3 rings (SSSR count). The second-order valence-electron chi connectivity index (χ2n) is 6.77. The second kappa shape index (κ2) is 9.70. The van der Waals surface area contributed by atoms with Crippen LogP contribution in [0, 0.1) is 16.0 Å². The zero-order valence-electron chi connectivity index (χ0n) is 16.8. The molecule has 2 amide bonds. The smallest absolute Gasteiger partial charge is 0.311 e. The van der Waals surface area contributed by atoms with E-state index in [1.807, 2.05) is 6.92 Å². The molecule has 1 heterocycles. The van der Waals surface area contributed by atoms with E-state index in [4.69, 9.17) is 9.47 Å². The number of carbonyl (C=O) groups is 3. The summed E-state index contributed by atoms with van der Waals surface area (Å²) in [7, 11) is 0. The molecule has 162 valence electrons. The van der Waals surface area contributed by atoms with E-state index in [0.717, 1.165) is 0 Å². The van der Waals surface area contributed by atoms with Gasteiger partial charge in [0.15, 0.2) is 6.61 Å². The minimum absolute atomic E-state index is 0.0359. The fourth-order valence-corrected chi connectivity index (χ4v) is 3.20. The SMILES string of the molecule is CCOc1ccccc1N1C[C@H](C(=O)OCC(=O)Nc2cccc([N+](=O)[O-])c2)CC1=O. The van der Waals surface area contributed by atoms with E-state index >= 15 is 0 Å². The zero-order chi connectivity index (χ0) is 22.4. The lowest BCUT2D eigenvalue weighted by molar-refractivity contribution is -0.384. The van der Waals surface area contributed by atoms with Crippen molar-refractivity contribution < 1.29 is 28.8 Å². The van der Waals surface area contributed by atoms with Gasteiger partial charge in [0.25, 0.3) is 11.6 Å². The normalized spacial score (nSPS) is 15.5. The minimum atomic E-state index is -0.715. The average molecular weight is 427 g/mol. The highest BCUT2D eigenvalue weighted by Crippen LogP contribution is 2.33. The number of nitrogens with one attached hydrogen (secondary N) is 1. The first kappa shape index (κ1) is 21.8. The van der Waals surface area contributed by atoms with Crippen LogP contribution in [0.1, 0.15) is 13.3 Å². The molecule has 2 aromatic carbocycles. The summed E-state index contributed by atoms with van der Waals surface area (Å²) in [5, 5.41) is 13.2. The summed E-state index contributed by atoms with van der Waals surface area (Å²) >= 11 is 0. The van der Waals surface area contributed by atoms with E-state index in [0.29, 0.717) is 18.0 Å². The summed E-state index contributed by atoms with van der Waals surface area (Å²) in [6.07, 6.45) is -0.0359. The summed E-state index contributed by atoms with van der Waals surface area (Å²) in [4.78, 5) is 48.5. The van der Waals surface area contributed by atoms with Crippen LogP contribution in [-0.2, 0) is 19.1 Å². The largest absolute Gasteiger partial charge is 0.492 e. The summed E-state index contributed by atoms with van der Waals surface area (Å²) in [6, 6.07) is 12.5. The molecule has 10 nitrogen and oxygen atoms in total. The monoisotopic (exact) mass is 427 g/mol. The van der Waals surface area contributed by atoms with Gasteiger partial charge in [-0.15, -0.1) is 0 Å². The van der Waals surface area contributed by atoms with Crippen molar-refractivity contribution in [3.8, 4) is 5.75 Å². The predicted molar refractivity (Wildman–Crippen MR) is 111 cm³/mol. The molecule has 0 aromatic heterocycles. The first-order valence-electron chi connectivity index (χ1n) is 9.62. The van der Waals surface area contributed by atoms with Crippen LogP contribution in [-0.4, -0.2) is 42.5 Å². The first-order chi connectivity index (χ1) is 14.9. The van der Waals surface area contributed by atoms with Crippen molar-refractivity contribution in [2.45, 2.75) is 13.3 Å². The first-order valence-corrected chi connectivity index (χ1v) is 9.62. The quantitative estimate of drug-likeness (QED) is 0.389. The van der Waals surface area contributed by atoms with Gasteiger partial charge in [-0.05, 0) is 25.1 Å². The topological polar surface area (TPSA) is 128 Å². The molecule has 0 bridgehead atoms. The molecular weight excluding hydrogens is 406 g/mol. The predicted octanol–water partition coefficient (Wildman–Crippen LogP) is 2.53. The van der Waals surface area contributed by atoms with Crippen molar-refractivity contribution in [3.63, 3.8) is 0 Å². The Labute approximate surface area is 177 Å². The molecule has 0 radical (unpaired) electrons. The number of para-hydroxylation sites is 2. The fourth-order valence-electron chi connectivity index (χ4n) is 3.20. The Bertz CT molecular complexity index is 1010. The summed E-state index contributed by atoms with van der Waals surface area (Å²) < 4.78 is 10.6. The van der Waals surface area contributed by atoms with Gasteiger partial charge in [-0.25, -0.2) is 0 Å². The summed E-state index contributed by atoms with van der Waals surface area (Å²) in [5.41, 5.74) is 0.616. The van der Waals surface area contributed by atoms with Crippen LogP contribution >= 0.6 is 0 Å². The molecule has 0 aliphatic carbocycles. The van der Waals surface area contributed by atoms with Crippen LogP contribution in [0.4, 0.5) is 17.1 Å². The number of nitro groups is 1. The highest BCUT2D eigenvalue weighted by Gasteiger charge is 2.37. The van der Waals surface area contributed by atoms with Crippen molar-refractivity contribution in [1.29, 1.82) is 0 Å². The molecule has 1 saturated heterocycles. The van der Waals surface area contributed by atoms with Gasteiger partial charge in [0, 0.05) is 30.8 Å². The molecule has 0 saturated carbocycles. The molecule has 1 atom stereocenters. The number of esters is 1. The average Bonchev–Trinajstić information content (AvgIpc) is 3.14. The maximum atomic E-state index is 12.4. The van der Waals surface area contributed by atoms with E-state index < -0.39 is 29.3 Å². The van der Waals surface area contributed by atoms with Crippen LogP contribution in [0.2, 0.25) is 0 Å². The van der Waals surface area contributed by atoms with Crippen molar-refractivity contribution in [1.82, 2.24) is 0 Å². The molecular formula is C21H21N3O7. The van der Waals surface area contributed by atoms with Gasteiger partial charge in [-0.1, -0.05) is 18.2 Å². The molecule has 1 fully saturated rings. The van der Waals surface area contributed by atoms with Gasteiger partial charge < -0.3 is 19.7 Å². The number of ether oxygens (including phenoxy) is 2. The van der Waals surface area contributed by atoms with E-state index in [1.165, 1.54) is 29.2 Å².